The SMILES string of the molecule is Nc1c[nH]c2scc(N)c12. The molecule has 0 spiro atoms. The van der Waals surface area contributed by atoms with Crippen molar-refractivity contribution < 1.29 is 0 Å². The van der Waals surface area contributed by atoms with E-state index >= 15 is 0 Å². The lowest BCUT2D eigenvalue weighted by Crippen LogP contribution is -1.84. The molecule has 0 saturated carbocycles. The summed E-state index contributed by atoms with van der Waals surface area (Å²) in [5, 5.41) is 2.85. The van der Waals surface area contributed by atoms with E-state index in [-0.39, 0.29) is 0 Å². The van der Waals surface area contributed by atoms with Crippen LogP contribution >= 0.6 is 11.3 Å². The summed E-state index contributed by atoms with van der Waals surface area (Å²) < 4.78 is 0. The first-order valence-electron chi connectivity index (χ1n) is 2.88. The van der Waals surface area contributed by atoms with Crippen molar-refractivity contribution in [1.82, 2.24) is 4.98 Å². The summed E-state index contributed by atoms with van der Waals surface area (Å²) in [6, 6.07) is 0. The predicted octanol–water partition coefficient (Wildman–Crippen LogP) is 1.39. The Morgan fingerprint density at radius 3 is 2.80 bits per heavy atom. The number of nitrogens with one attached hydrogen (secondary N) is 1. The van der Waals surface area contributed by atoms with Crippen LogP contribution in [0.4, 0.5) is 11.4 Å². The minimum Gasteiger partial charge on any atom is -0.397 e. The summed E-state index contributed by atoms with van der Waals surface area (Å²) >= 11 is 1.57. The van der Waals surface area contributed by atoms with Crippen LogP contribution in [0, 0.1) is 0 Å². The minimum atomic E-state index is 0.730. The standard InChI is InChI=1S/C6H7N3S/c7-3-1-9-6-5(3)4(8)2-10-6/h1-2,9H,7-8H2. The molecule has 0 atom stereocenters. The van der Waals surface area contributed by atoms with Crippen LogP contribution in [0.25, 0.3) is 10.2 Å². The molecule has 5 N–H and O–H groups in total. The van der Waals surface area contributed by atoms with E-state index in [4.69, 9.17) is 11.5 Å². The molecule has 0 unspecified atom stereocenters. The largest absolute Gasteiger partial charge is 0.397 e. The lowest BCUT2D eigenvalue weighted by molar-refractivity contribution is 1.50. The lowest BCUT2D eigenvalue weighted by Gasteiger charge is -1.84. The van der Waals surface area contributed by atoms with E-state index in [0.29, 0.717) is 0 Å². The molecule has 0 aliphatic carbocycles. The molecule has 52 valence electrons. The number of rotatable bonds is 0. The number of hydrogen-bond acceptors (Lipinski definition) is 3. The van der Waals surface area contributed by atoms with Gasteiger partial charge < -0.3 is 16.5 Å². The fourth-order valence-corrected chi connectivity index (χ4v) is 1.83. The van der Waals surface area contributed by atoms with E-state index in [9.17, 15) is 0 Å². The van der Waals surface area contributed by atoms with Crippen molar-refractivity contribution in [1.29, 1.82) is 0 Å². The maximum Gasteiger partial charge on any atom is 0.104 e. The molecule has 4 heteroatoms. The van der Waals surface area contributed by atoms with Gasteiger partial charge >= 0.3 is 0 Å². The van der Waals surface area contributed by atoms with Gasteiger partial charge in [0.2, 0.25) is 0 Å². The number of thiophene rings is 1. The molecule has 0 fully saturated rings. The van der Waals surface area contributed by atoms with Gasteiger partial charge in [-0.2, -0.15) is 0 Å². The molecular formula is C6H7N3S. The molecule has 2 rings (SSSR count). The van der Waals surface area contributed by atoms with E-state index in [1.54, 1.807) is 17.5 Å². The van der Waals surface area contributed by atoms with Crippen molar-refractivity contribution in [3.63, 3.8) is 0 Å². The van der Waals surface area contributed by atoms with Gasteiger partial charge in [-0.05, 0) is 0 Å². The molecule has 2 aromatic heterocycles. The maximum absolute atomic E-state index is 5.63. The first kappa shape index (κ1) is 5.61. The van der Waals surface area contributed by atoms with E-state index in [0.717, 1.165) is 21.6 Å². The van der Waals surface area contributed by atoms with Crippen LogP contribution in [-0.2, 0) is 0 Å². The van der Waals surface area contributed by atoms with E-state index in [2.05, 4.69) is 4.98 Å². The average Bonchev–Trinajstić information content (AvgIpc) is 2.40. The van der Waals surface area contributed by atoms with Crippen molar-refractivity contribution in [2.45, 2.75) is 0 Å². The fraction of sp³-hybridized carbons (Fsp3) is 0. The Kier molecular flexibility index (Phi) is 0.935. The van der Waals surface area contributed by atoms with Crippen molar-refractivity contribution in [2.24, 2.45) is 0 Å². The zero-order valence-electron chi connectivity index (χ0n) is 5.22. The molecule has 10 heavy (non-hydrogen) atoms. The first-order valence-corrected chi connectivity index (χ1v) is 3.76. The Labute approximate surface area is 61.6 Å². The summed E-state index contributed by atoms with van der Waals surface area (Å²) in [5.41, 5.74) is 12.7. The Hall–Kier alpha value is -1.16. The van der Waals surface area contributed by atoms with Gasteiger partial charge in [0.1, 0.15) is 4.83 Å². The fourth-order valence-electron chi connectivity index (χ4n) is 0.991. The molecule has 0 amide bonds. The first-order chi connectivity index (χ1) is 4.79. The Morgan fingerprint density at radius 1 is 1.30 bits per heavy atom. The van der Waals surface area contributed by atoms with Gasteiger partial charge in [-0.15, -0.1) is 11.3 Å². The number of nitrogens with two attached hydrogens (primary N) is 2. The summed E-state index contributed by atoms with van der Waals surface area (Å²) in [6.45, 7) is 0. The van der Waals surface area contributed by atoms with Crippen molar-refractivity contribution >= 4 is 32.9 Å². The number of fused-ring (bicyclic) bond motifs is 1. The Balaban J connectivity index is 2.98. The van der Waals surface area contributed by atoms with Gasteiger partial charge in [-0.25, -0.2) is 0 Å². The summed E-state index contributed by atoms with van der Waals surface area (Å²) in [6.07, 6.45) is 1.76. The van der Waals surface area contributed by atoms with Crippen LogP contribution in [0.5, 0.6) is 0 Å². The molecule has 2 heterocycles. The highest BCUT2D eigenvalue weighted by Gasteiger charge is 2.04. The quantitative estimate of drug-likeness (QED) is 0.535. The minimum absolute atomic E-state index is 0.730. The van der Waals surface area contributed by atoms with E-state index < -0.39 is 0 Å². The zero-order chi connectivity index (χ0) is 7.14. The molecule has 0 bridgehead atoms. The number of aromatic amines is 1. The van der Waals surface area contributed by atoms with Gasteiger partial charge in [0.15, 0.2) is 0 Å². The van der Waals surface area contributed by atoms with E-state index in [1.807, 2.05) is 5.38 Å². The van der Waals surface area contributed by atoms with Crippen LogP contribution in [-0.4, -0.2) is 4.98 Å². The van der Waals surface area contributed by atoms with Gasteiger partial charge in [0, 0.05) is 11.6 Å². The van der Waals surface area contributed by atoms with Crippen LogP contribution < -0.4 is 11.5 Å². The van der Waals surface area contributed by atoms with Crippen LogP contribution in [0.1, 0.15) is 0 Å². The highest BCUT2D eigenvalue weighted by molar-refractivity contribution is 7.17. The third-order valence-electron chi connectivity index (χ3n) is 1.47. The average molecular weight is 153 g/mol. The predicted molar refractivity (Wildman–Crippen MR) is 45.0 cm³/mol. The molecule has 2 aromatic rings. The van der Waals surface area contributed by atoms with E-state index in [1.165, 1.54) is 0 Å². The number of aromatic nitrogens is 1. The lowest BCUT2D eigenvalue weighted by atomic mass is 10.3. The highest BCUT2D eigenvalue weighted by atomic mass is 32.1. The third-order valence-corrected chi connectivity index (χ3v) is 2.40. The topological polar surface area (TPSA) is 67.8 Å². The second-order valence-electron chi connectivity index (χ2n) is 2.14. The Bertz CT molecular complexity index is 328. The Morgan fingerprint density at radius 2 is 2.10 bits per heavy atom. The van der Waals surface area contributed by atoms with Gasteiger partial charge in [-0.3, -0.25) is 0 Å². The summed E-state index contributed by atoms with van der Waals surface area (Å²) in [4.78, 5) is 4.07. The second kappa shape index (κ2) is 1.67. The summed E-state index contributed by atoms with van der Waals surface area (Å²) in [5.74, 6) is 0. The third kappa shape index (κ3) is 0.537. The molecule has 0 aliphatic rings. The summed E-state index contributed by atoms with van der Waals surface area (Å²) in [7, 11) is 0. The molecule has 0 aliphatic heterocycles. The second-order valence-corrected chi connectivity index (χ2v) is 3.02. The molecule has 0 aromatic carbocycles. The molecular weight excluding hydrogens is 146 g/mol. The number of hydrogen-bond donors (Lipinski definition) is 3. The maximum atomic E-state index is 5.63. The normalized spacial score (nSPS) is 10.8. The van der Waals surface area contributed by atoms with Gasteiger partial charge in [0.05, 0.1) is 16.8 Å². The van der Waals surface area contributed by atoms with Crippen molar-refractivity contribution in [3.05, 3.63) is 11.6 Å². The number of nitrogen functional groups attached to an aromatic ring is 2. The van der Waals surface area contributed by atoms with Crippen LogP contribution in [0.2, 0.25) is 0 Å². The molecule has 0 saturated heterocycles. The van der Waals surface area contributed by atoms with Crippen molar-refractivity contribution in [2.75, 3.05) is 11.5 Å². The highest BCUT2D eigenvalue weighted by Crippen LogP contribution is 2.31. The number of anilines is 2. The zero-order valence-corrected chi connectivity index (χ0v) is 6.03. The number of H-pyrrole nitrogens is 1. The van der Waals surface area contributed by atoms with Crippen LogP contribution in [0.3, 0.4) is 0 Å². The smallest absolute Gasteiger partial charge is 0.104 e. The monoisotopic (exact) mass is 153 g/mol. The van der Waals surface area contributed by atoms with Crippen LogP contribution in [0.15, 0.2) is 11.6 Å². The molecule has 3 nitrogen and oxygen atoms in total. The van der Waals surface area contributed by atoms with Gasteiger partial charge in [0.25, 0.3) is 0 Å². The molecule has 0 radical (unpaired) electrons. The van der Waals surface area contributed by atoms with Crippen molar-refractivity contribution in [3.8, 4) is 0 Å². The van der Waals surface area contributed by atoms with Gasteiger partial charge in [-0.1, -0.05) is 0 Å².